The molecule has 4 rings (SSSR count). The highest BCUT2D eigenvalue weighted by atomic mass is 32.1. The average molecular weight is 315 g/mol. The fraction of sp³-hybridized carbons (Fsp3) is 0.667. The maximum atomic E-state index is 4.70. The summed E-state index contributed by atoms with van der Waals surface area (Å²) >= 11 is 1.90. The van der Waals surface area contributed by atoms with Crippen molar-refractivity contribution < 1.29 is 0 Å². The summed E-state index contributed by atoms with van der Waals surface area (Å²) in [6.07, 6.45) is 12.2. The molecule has 0 unspecified atom stereocenters. The Morgan fingerprint density at radius 3 is 2.77 bits per heavy atom. The normalized spacial score (nSPS) is 22.7. The molecular formula is C18H25N3S. The number of anilines is 1. The Morgan fingerprint density at radius 2 is 1.95 bits per heavy atom. The van der Waals surface area contributed by atoms with Crippen molar-refractivity contribution in [2.24, 2.45) is 5.92 Å². The second kappa shape index (κ2) is 5.80. The maximum Gasteiger partial charge on any atom is 0.141 e. The second-order valence-electron chi connectivity index (χ2n) is 7.13. The number of fused-ring (bicyclic) bond motifs is 3. The Hall–Kier alpha value is -1.16. The highest BCUT2D eigenvalue weighted by molar-refractivity contribution is 7.19. The lowest BCUT2D eigenvalue weighted by Gasteiger charge is -2.32. The Bertz CT molecular complexity index is 672. The molecule has 118 valence electrons. The Kier molecular flexibility index (Phi) is 3.81. The zero-order valence-electron chi connectivity index (χ0n) is 13.6. The van der Waals surface area contributed by atoms with Gasteiger partial charge in [0, 0.05) is 18.0 Å². The van der Waals surface area contributed by atoms with Crippen LogP contribution in [-0.2, 0) is 12.8 Å². The minimum atomic E-state index is 0.657. The first-order valence-corrected chi connectivity index (χ1v) is 9.53. The third kappa shape index (κ3) is 2.41. The van der Waals surface area contributed by atoms with Gasteiger partial charge in [0.25, 0.3) is 0 Å². The molecule has 1 saturated carbocycles. The van der Waals surface area contributed by atoms with Crippen LogP contribution in [0.5, 0.6) is 0 Å². The van der Waals surface area contributed by atoms with Crippen molar-refractivity contribution in [3.63, 3.8) is 0 Å². The van der Waals surface area contributed by atoms with Crippen LogP contribution < -0.4 is 4.90 Å². The molecule has 1 fully saturated rings. The Labute approximate surface area is 136 Å². The Balaban J connectivity index is 1.77. The van der Waals surface area contributed by atoms with Gasteiger partial charge in [0.1, 0.15) is 17.0 Å². The molecule has 0 spiro atoms. The van der Waals surface area contributed by atoms with E-state index in [1.807, 2.05) is 11.3 Å². The van der Waals surface area contributed by atoms with Crippen LogP contribution in [0.25, 0.3) is 10.2 Å². The lowest BCUT2D eigenvalue weighted by atomic mass is 9.89. The van der Waals surface area contributed by atoms with E-state index in [9.17, 15) is 0 Å². The van der Waals surface area contributed by atoms with Crippen LogP contribution >= 0.6 is 11.3 Å². The van der Waals surface area contributed by atoms with Gasteiger partial charge in [-0.2, -0.15) is 0 Å². The van der Waals surface area contributed by atoms with Crippen molar-refractivity contribution in [1.29, 1.82) is 0 Å². The molecule has 2 aromatic heterocycles. The number of aryl methyl sites for hydroxylation is 1. The van der Waals surface area contributed by atoms with Gasteiger partial charge in [0.05, 0.1) is 5.39 Å². The van der Waals surface area contributed by atoms with E-state index in [-0.39, 0.29) is 0 Å². The first-order chi connectivity index (χ1) is 10.7. The third-order valence-electron chi connectivity index (χ3n) is 5.53. The molecule has 0 aliphatic heterocycles. The smallest absolute Gasteiger partial charge is 0.141 e. The van der Waals surface area contributed by atoms with Crippen LogP contribution in [0, 0.1) is 5.92 Å². The minimum absolute atomic E-state index is 0.657. The number of hydrogen-bond donors (Lipinski definition) is 0. The molecular weight excluding hydrogens is 290 g/mol. The van der Waals surface area contributed by atoms with Gasteiger partial charge in [-0.05, 0) is 43.6 Å². The van der Waals surface area contributed by atoms with Crippen LogP contribution in [0.1, 0.15) is 55.9 Å². The van der Waals surface area contributed by atoms with Gasteiger partial charge in [0.2, 0.25) is 0 Å². The molecule has 0 bridgehead atoms. The second-order valence-corrected chi connectivity index (χ2v) is 8.22. The lowest BCUT2D eigenvalue weighted by Crippen LogP contribution is -2.34. The summed E-state index contributed by atoms with van der Waals surface area (Å²) in [6, 6.07) is 0.657. The van der Waals surface area contributed by atoms with Crippen molar-refractivity contribution in [2.45, 2.75) is 64.3 Å². The largest absolute Gasteiger partial charge is 0.356 e. The average Bonchev–Trinajstić information content (AvgIpc) is 2.92. The van der Waals surface area contributed by atoms with E-state index in [2.05, 4.69) is 23.9 Å². The van der Waals surface area contributed by atoms with E-state index in [4.69, 9.17) is 4.98 Å². The molecule has 3 nitrogen and oxygen atoms in total. The van der Waals surface area contributed by atoms with Crippen molar-refractivity contribution in [3.05, 3.63) is 16.8 Å². The molecule has 2 aliphatic rings. The molecule has 0 radical (unpaired) electrons. The van der Waals surface area contributed by atoms with Crippen LogP contribution in [0.2, 0.25) is 0 Å². The summed E-state index contributed by atoms with van der Waals surface area (Å²) in [5, 5.41) is 1.36. The summed E-state index contributed by atoms with van der Waals surface area (Å²) in [7, 11) is 2.24. The van der Waals surface area contributed by atoms with Gasteiger partial charge in [-0.3, -0.25) is 0 Å². The molecule has 2 aromatic rings. The number of rotatable bonds is 2. The van der Waals surface area contributed by atoms with Crippen molar-refractivity contribution in [1.82, 2.24) is 9.97 Å². The molecule has 1 atom stereocenters. The molecule has 22 heavy (non-hydrogen) atoms. The highest BCUT2D eigenvalue weighted by Crippen LogP contribution is 2.41. The monoisotopic (exact) mass is 315 g/mol. The summed E-state index contributed by atoms with van der Waals surface area (Å²) in [4.78, 5) is 14.5. The van der Waals surface area contributed by atoms with E-state index in [0.29, 0.717) is 6.04 Å². The van der Waals surface area contributed by atoms with Crippen LogP contribution in [0.4, 0.5) is 5.82 Å². The summed E-state index contributed by atoms with van der Waals surface area (Å²) in [5.41, 5.74) is 1.55. The maximum absolute atomic E-state index is 4.70. The summed E-state index contributed by atoms with van der Waals surface area (Å²) in [6.45, 7) is 2.37. The molecule has 0 saturated heterocycles. The van der Waals surface area contributed by atoms with Crippen LogP contribution in [0.3, 0.4) is 0 Å². The predicted molar refractivity (Wildman–Crippen MR) is 93.9 cm³/mol. The van der Waals surface area contributed by atoms with Gasteiger partial charge in [-0.1, -0.05) is 26.2 Å². The Morgan fingerprint density at radius 1 is 1.14 bits per heavy atom. The van der Waals surface area contributed by atoms with E-state index in [1.54, 1.807) is 16.8 Å². The van der Waals surface area contributed by atoms with E-state index >= 15 is 0 Å². The quantitative estimate of drug-likeness (QED) is 0.812. The zero-order valence-corrected chi connectivity index (χ0v) is 14.5. The number of aromatic nitrogens is 2. The fourth-order valence-electron chi connectivity index (χ4n) is 4.17. The topological polar surface area (TPSA) is 29.0 Å². The molecule has 0 N–H and O–H groups in total. The van der Waals surface area contributed by atoms with E-state index < -0.39 is 0 Å². The van der Waals surface area contributed by atoms with Gasteiger partial charge in [-0.25, -0.2) is 9.97 Å². The molecule has 4 heteroatoms. The first kappa shape index (κ1) is 14.4. The number of nitrogens with zero attached hydrogens (tertiary/aromatic N) is 3. The molecule has 0 aromatic carbocycles. The molecule has 2 heterocycles. The van der Waals surface area contributed by atoms with Gasteiger partial charge in [-0.15, -0.1) is 11.3 Å². The number of hydrogen-bond acceptors (Lipinski definition) is 4. The molecule has 2 aliphatic carbocycles. The minimum Gasteiger partial charge on any atom is -0.356 e. The summed E-state index contributed by atoms with van der Waals surface area (Å²) in [5.74, 6) is 2.00. The van der Waals surface area contributed by atoms with Gasteiger partial charge in [0.15, 0.2) is 0 Å². The predicted octanol–water partition coefficient (Wildman–Crippen LogP) is 4.59. The highest BCUT2D eigenvalue weighted by Gasteiger charge is 2.26. The third-order valence-corrected chi connectivity index (χ3v) is 6.69. The van der Waals surface area contributed by atoms with E-state index in [1.165, 1.54) is 67.4 Å². The van der Waals surface area contributed by atoms with Gasteiger partial charge < -0.3 is 4.90 Å². The van der Waals surface area contributed by atoms with Crippen LogP contribution in [0.15, 0.2) is 6.33 Å². The van der Waals surface area contributed by atoms with Gasteiger partial charge >= 0.3 is 0 Å². The fourth-order valence-corrected chi connectivity index (χ4v) is 5.51. The SMILES string of the molecule is C[C@@H]1CCc2c(sc3ncnc(N(C)C4CCCCC4)c23)C1. The number of thiophene rings is 1. The van der Waals surface area contributed by atoms with Crippen molar-refractivity contribution in [2.75, 3.05) is 11.9 Å². The van der Waals surface area contributed by atoms with Crippen LogP contribution in [-0.4, -0.2) is 23.1 Å². The first-order valence-electron chi connectivity index (χ1n) is 8.72. The van der Waals surface area contributed by atoms with Crippen molar-refractivity contribution >= 4 is 27.4 Å². The lowest BCUT2D eigenvalue weighted by molar-refractivity contribution is 0.426. The van der Waals surface area contributed by atoms with Crippen molar-refractivity contribution in [3.8, 4) is 0 Å². The standard InChI is InChI=1S/C18H25N3S/c1-12-8-9-14-15(10-12)22-18-16(14)17(19-11-20-18)21(2)13-6-4-3-5-7-13/h11-13H,3-10H2,1-2H3/t12-/m1/s1. The summed E-state index contributed by atoms with van der Waals surface area (Å²) < 4.78 is 0. The zero-order chi connectivity index (χ0) is 15.1. The molecule has 0 amide bonds. The van der Waals surface area contributed by atoms with E-state index in [0.717, 1.165) is 5.92 Å².